The number of rotatable bonds is 7. The van der Waals surface area contributed by atoms with Crippen LogP contribution < -0.4 is 4.74 Å². The molecule has 0 unspecified atom stereocenters. The van der Waals surface area contributed by atoms with Crippen molar-refractivity contribution in [1.82, 2.24) is 14.9 Å². The van der Waals surface area contributed by atoms with Crippen molar-refractivity contribution in [2.24, 2.45) is 4.99 Å². The summed E-state index contributed by atoms with van der Waals surface area (Å²) in [4.78, 5) is 14.9. The highest BCUT2D eigenvalue weighted by atomic mass is 79.9. The second-order valence-corrected chi connectivity index (χ2v) is 10.1. The van der Waals surface area contributed by atoms with E-state index in [9.17, 15) is 0 Å². The number of nitrogens with zero attached hydrogens (tertiary/aromatic N) is 3. The van der Waals surface area contributed by atoms with Crippen LogP contribution in [0.5, 0.6) is 5.75 Å². The summed E-state index contributed by atoms with van der Waals surface area (Å²) in [5.41, 5.74) is 4.56. The Morgan fingerprint density at radius 3 is 2.56 bits per heavy atom. The Morgan fingerprint density at radius 1 is 1.06 bits per heavy atom. The van der Waals surface area contributed by atoms with E-state index in [2.05, 4.69) is 45.0 Å². The summed E-state index contributed by atoms with van der Waals surface area (Å²) in [6.45, 7) is 9.71. The molecule has 6 nitrogen and oxygen atoms in total. The molecule has 3 aromatic rings. The number of thioether (sulfide) groups is 2. The fourth-order valence-electron chi connectivity index (χ4n) is 3.74. The molecule has 0 amide bonds. The van der Waals surface area contributed by atoms with Gasteiger partial charge in [-0.25, -0.2) is 9.98 Å². The largest absolute Gasteiger partial charge is 0.494 e. The first-order valence-corrected chi connectivity index (χ1v) is 13.6. The van der Waals surface area contributed by atoms with Crippen LogP contribution in [0.25, 0.3) is 11.0 Å². The number of imidazole rings is 1. The molecule has 1 aromatic heterocycles. The third-order valence-electron chi connectivity index (χ3n) is 5.38. The van der Waals surface area contributed by atoms with Gasteiger partial charge in [0.2, 0.25) is 0 Å². The number of ether oxygens (including phenoxy) is 2. The summed E-state index contributed by atoms with van der Waals surface area (Å²) in [6.07, 6.45) is 1.04. The first kappa shape index (κ1) is 33.1. The van der Waals surface area contributed by atoms with Gasteiger partial charge in [0.1, 0.15) is 5.75 Å². The van der Waals surface area contributed by atoms with Crippen LogP contribution in [0.2, 0.25) is 0 Å². The molecule has 0 radical (unpaired) electrons. The smallest absolute Gasteiger partial charge is 0.166 e. The Bertz CT molecular complexity index is 1080. The molecule has 1 fully saturated rings. The van der Waals surface area contributed by atoms with Crippen molar-refractivity contribution in [3.8, 4) is 5.75 Å². The molecule has 2 aliphatic heterocycles. The summed E-state index contributed by atoms with van der Waals surface area (Å²) in [7, 11) is 0. The van der Waals surface area contributed by atoms with E-state index >= 15 is 0 Å². The van der Waals surface area contributed by atoms with Crippen molar-refractivity contribution in [2.45, 2.75) is 25.4 Å². The molecule has 2 aliphatic rings. The molecular weight excluding hydrogens is 603 g/mol. The van der Waals surface area contributed by atoms with Crippen molar-refractivity contribution in [3.05, 3.63) is 48.0 Å². The number of aliphatic imine (C=N–C) groups is 1. The van der Waals surface area contributed by atoms with E-state index in [0.717, 1.165) is 78.4 Å². The third kappa shape index (κ3) is 9.74. The van der Waals surface area contributed by atoms with Gasteiger partial charge in [0, 0.05) is 37.9 Å². The van der Waals surface area contributed by atoms with Gasteiger partial charge in [-0.2, -0.15) is 0 Å². The van der Waals surface area contributed by atoms with Gasteiger partial charge in [0.15, 0.2) is 5.16 Å². The zero-order chi connectivity index (χ0) is 22.9. The molecule has 0 saturated carbocycles. The minimum absolute atomic E-state index is 0. The lowest BCUT2D eigenvalue weighted by Crippen LogP contribution is -2.37. The number of para-hydroxylation sites is 1. The Kier molecular flexibility index (Phi) is 16.1. The number of aromatic nitrogens is 2. The lowest BCUT2D eigenvalue weighted by atomic mass is 10.2. The molecule has 0 aliphatic carbocycles. The van der Waals surface area contributed by atoms with E-state index in [1.54, 1.807) is 11.8 Å². The van der Waals surface area contributed by atoms with Gasteiger partial charge in [0.25, 0.3) is 0 Å². The van der Waals surface area contributed by atoms with Gasteiger partial charge < -0.3 is 14.5 Å². The molecule has 200 valence electrons. The minimum Gasteiger partial charge on any atom is -0.494 e. The lowest BCUT2D eigenvalue weighted by molar-refractivity contribution is 0.0410. The molecule has 11 heteroatoms. The quantitative estimate of drug-likeness (QED) is 0.287. The maximum Gasteiger partial charge on any atom is 0.166 e. The lowest BCUT2D eigenvalue weighted by Gasteiger charge is -2.26. The summed E-state index contributed by atoms with van der Waals surface area (Å²) in [5.74, 6) is 3.05. The monoisotopic (exact) mass is 636 g/mol. The molecule has 1 saturated heterocycles. The zero-order valence-corrected chi connectivity index (χ0v) is 25.6. The predicted molar refractivity (Wildman–Crippen MR) is 165 cm³/mol. The van der Waals surface area contributed by atoms with Crippen LogP contribution in [0, 0.1) is 0 Å². The molecule has 5 rings (SSSR count). The van der Waals surface area contributed by atoms with Gasteiger partial charge >= 0.3 is 0 Å². The first-order chi connectivity index (χ1) is 16.2. The van der Waals surface area contributed by atoms with Crippen LogP contribution in [0.15, 0.2) is 52.6 Å². The van der Waals surface area contributed by atoms with Crippen molar-refractivity contribution >= 4 is 87.1 Å². The Balaban J connectivity index is 0.000000373. The Hall–Kier alpha value is -0.940. The highest BCUT2D eigenvalue weighted by Crippen LogP contribution is 2.29. The molecular formula is C25H35BrCl2N4O2S2. The molecule has 36 heavy (non-hydrogen) atoms. The average Bonchev–Trinajstić information content (AvgIpc) is 3.43. The Labute approximate surface area is 245 Å². The standard InChI is InChI=1S/C15H21N3O2S.C10H11NS.BrH.2ClH/c1-2-20-12-3-4-13-14(11-12)17-15(16-13)21-10-7-18-5-8-19-9-6-18;1-2-12-10-7-8-5-3-4-6-9(8)11-10;;;/h3-4,11H,2,5-10H2,1H3,(H,16,17);3-6H,2,7H2,1H3;3*1H. The van der Waals surface area contributed by atoms with Crippen molar-refractivity contribution in [1.29, 1.82) is 0 Å². The van der Waals surface area contributed by atoms with E-state index in [0.29, 0.717) is 6.61 Å². The maximum atomic E-state index is 5.51. The topological polar surface area (TPSA) is 62.7 Å². The van der Waals surface area contributed by atoms with E-state index in [-0.39, 0.29) is 41.8 Å². The van der Waals surface area contributed by atoms with Gasteiger partial charge in [-0.1, -0.05) is 36.9 Å². The molecule has 3 heterocycles. The number of aromatic amines is 1. The highest BCUT2D eigenvalue weighted by Gasteiger charge is 2.13. The molecule has 2 aromatic carbocycles. The van der Waals surface area contributed by atoms with Crippen LogP contribution in [0.4, 0.5) is 5.69 Å². The normalized spacial score (nSPS) is 14.3. The number of H-pyrrole nitrogens is 1. The third-order valence-corrected chi connectivity index (χ3v) is 7.09. The number of morpholine rings is 1. The molecule has 0 atom stereocenters. The predicted octanol–water partition coefficient (Wildman–Crippen LogP) is 6.83. The number of fused-ring (bicyclic) bond motifs is 2. The minimum atomic E-state index is 0. The fraction of sp³-hybridized carbons (Fsp3) is 0.440. The molecule has 1 N–H and O–H groups in total. The number of hydrogen-bond acceptors (Lipinski definition) is 7. The van der Waals surface area contributed by atoms with Crippen LogP contribution in [-0.4, -0.2) is 70.9 Å². The average molecular weight is 639 g/mol. The van der Waals surface area contributed by atoms with Crippen molar-refractivity contribution in [3.63, 3.8) is 0 Å². The van der Waals surface area contributed by atoms with Crippen molar-refractivity contribution < 1.29 is 9.47 Å². The van der Waals surface area contributed by atoms with Crippen LogP contribution in [-0.2, 0) is 11.2 Å². The number of nitrogens with one attached hydrogen (secondary N) is 1. The maximum absolute atomic E-state index is 5.51. The zero-order valence-electron chi connectivity index (χ0n) is 20.6. The van der Waals surface area contributed by atoms with Crippen LogP contribution in [0.1, 0.15) is 19.4 Å². The molecule has 0 bridgehead atoms. The summed E-state index contributed by atoms with van der Waals surface area (Å²) >= 11 is 3.61. The fourth-order valence-corrected chi connectivity index (χ4v) is 5.38. The van der Waals surface area contributed by atoms with Crippen molar-refractivity contribution in [2.75, 3.05) is 51.0 Å². The van der Waals surface area contributed by atoms with Gasteiger partial charge in [-0.05, 0) is 36.4 Å². The number of hydrogen-bond donors (Lipinski definition) is 1. The van der Waals surface area contributed by atoms with E-state index in [4.69, 9.17) is 9.47 Å². The van der Waals surface area contributed by atoms with Gasteiger partial charge in [0.05, 0.1) is 41.6 Å². The van der Waals surface area contributed by atoms with E-state index < -0.39 is 0 Å². The van der Waals surface area contributed by atoms with E-state index in [1.165, 1.54) is 10.6 Å². The SMILES string of the molecule is Br.CCOc1ccc2nc(SCCN3CCOCC3)[nH]c2c1.CCSC1=Nc2ccccc2C1.Cl.Cl. The first-order valence-electron chi connectivity index (χ1n) is 11.6. The molecule has 0 spiro atoms. The van der Waals surface area contributed by atoms with Gasteiger partial charge in [-0.15, -0.1) is 53.6 Å². The van der Waals surface area contributed by atoms with Crippen LogP contribution >= 0.6 is 65.3 Å². The second kappa shape index (κ2) is 17.5. The second-order valence-electron chi connectivity index (χ2n) is 7.70. The Morgan fingerprint density at radius 2 is 1.83 bits per heavy atom. The highest BCUT2D eigenvalue weighted by molar-refractivity contribution is 8.93. The van der Waals surface area contributed by atoms with Gasteiger partial charge in [-0.3, -0.25) is 4.90 Å². The number of halogens is 3. The number of benzene rings is 2. The summed E-state index contributed by atoms with van der Waals surface area (Å²) in [6, 6.07) is 14.3. The van der Waals surface area contributed by atoms with E-state index in [1.807, 2.05) is 43.0 Å². The van der Waals surface area contributed by atoms with Crippen LogP contribution in [0.3, 0.4) is 0 Å². The summed E-state index contributed by atoms with van der Waals surface area (Å²) < 4.78 is 10.9. The summed E-state index contributed by atoms with van der Waals surface area (Å²) in [5, 5.41) is 2.24.